The molecule has 8 heteroatoms. The molecule has 2 N–H and O–H groups in total. The first-order valence-corrected chi connectivity index (χ1v) is 7.58. The number of Topliss-reactive ketones (excluding diaryl/α,β-unsaturated/α-hetero) is 1. The molecular weight excluding hydrogens is 290 g/mol. The highest BCUT2D eigenvalue weighted by atomic mass is 32.1. The summed E-state index contributed by atoms with van der Waals surface area (Å²) in [6, 6.07) is 0. The van der Waals surface area contributed by atoms with Crippen LogP contribution >= 0.6 is 11.3 Å². The minimum atomic E-state index is 0.0437. The smallest absolute Gasteiger partial charge is 0.177 e. The van der Waals surface area contributed by atoms with Gasteiger partial charge in [0.15, 0.2) is 17.4 Å². The molecule has 1 aliphatic heterocycles. The number of aromatic nitrogens is 3. The number of carbonyl (C=O) groups is 1. The summed E-state index contributed by atoms with van der Waals surface area (Å²) in [5, 5.41) is 8.91. The Balaban J connectivity index is 1.97. The van der Waals surface area contributed by atoms with Crippen LogP contribution in [0.5, 0.6) is 5.75 Å². The van der Waals surface area contributed by atoms with Gasteiger partial charge in [-0.3, -0.25) is 4.79 Å². The molecule has 0 amide bonds. The van der Waals surface area contributed by atoms with Crippen molar-refractivity contribution in [3.8, 4) is 5.75 Å². The molecule has 7 nitrogen and oxygen atoms in total. The maximum Gasteiger partial charge on any atom is 0.177 e. The number of anilines is 2. The maximum atomic E-state index is 12.0. The lowest BCUT2D eigenvalue weighted by atomic mass is 10.2. The highest BCUT2D eigenvalue weighted by molar-refractivity contribution is 7.19. The van der Waals surface area contributed by atoms with E-state index in [1.807, 2.05) is 11.5 Å². The first kappa shape index (κ1) is 13.9. The van der Waals surface area contributed by atoms with Gasteiger partial charge >= 0.3 is 0 Å². The van der Waals surface area contributed by atoms with Gasteiger partial charge in [-0.1, -0.05) is 6.92 Å². The maximum absolute atomic E-state index is 12.0. The van der Waals surface area contributed by atoms with E-state index in [1.165, 1.54) is 11.3 Å². The Bertz CT molecular complexity index is 678. The van der Waals surface area contributed by atoms with Crippen LogP contribution in [0.1, 0.15) is 28.8 Å². The average molecular weight is 307 g/mol. The number of ketones is 1. The number of carbonyl (C=O) groups excluding carboxylic acids is 1. The van der Waals surface area contributed by atoms with Gasteiger partial charge in [0, 0.05) is 19.5 Å². The number of methoxy groups -OCH3 is 1. The number of thiophene rings is 1. The van der Waals surface area contributed by atoms with Crippen molar-refractivity contribution in [2.45, 2.75) is 26.4 Å². The zero-order valence-corrected chi connectivity index (χ0v) is 12.8. The number of ether oxygens (including phenoxy) is 1. The fourth-order valence-electron chi connectivity index (χ4n) is 2.43. The van der Waals surface area contributed by atoms with E-state index in [0.29, 0.717) is 29.3 Å². The molecule has 2 aromatic heterocycles. The third-order valence-corrected chi connectivity index (χ3v) is 4.88. The van der Waals surface area contributed by atoms with Crippen molar-refractivity contribution in [3.05, 3.63) is 17.0 Å². The van der Waals surface area contributed by atoms with Gasteiger partial charge in [0.2, 0.25) is 0 Å². The van der Waals surface area contributed by atoms with E-state index in [9.17, 15) is 4.79 Å². The number of nitrogen functional groups attached to an aromatic ring is 1. The van der Waals surface area contributed by atoms with Crippen molar-refractivity contribution in [2.75, 3.05) is 24.3 Å². The molecule has 0 atom stereocenters. The van der Waals surface area contributed by atoms with Crippen LogP contribution in [0.25, 0.3) is 0 Å². The Kier molecular flexibility index (Phi) is 3.54. The van der Waals surface area contributed by atoms with Crippen molar-refractivity contribution in [2.24, 2.45) is 0 Å². The fraction of sp³-hybridized carbons (Fsp3) is 0.462. The molecule has 0 spiro atoms. The lowest BCUT2D eigenvalue weighted by Crippen LogP contribution is -2.33. The summed E-state index contributed by atoms with van der Waals surface area (Å²) in [6.45, 7) is 4.08. The normalized spacial score (nSPS) is 14.1. The highest BCUT2D eigenvalue weighted by Gasteiger charge is 2.27. The lowest BCUT2D eigenvalue weighted by Gasteiger charge is -2.28. The molecule has 21 heavy (non-hydrogen) atoms. The predicted molar refractivity (Wildman–Crippen MR) is 81.0 cm³/mol. The second-order valence-corrected chi connectivity index (χ2v) is 5.82. The summed E-state index contributed by atoms with van der Waals surface area (Å²) in [6.07, 6.45) is 2.17. The zero-order valence-electron chi connectivity index (χ0n) is 12.0. The summed E-state index contributed by atoms with van der Waals surface area (Å²) < 4.78 is 7.45. The molecule has 0 radical (unpaired) electrons. The Morgan fingerprint density at radius 1 is 1.52 bits per heavy atom. The quantitative estimate of drug-likeness (QED) is 0.862. The second-order valence-electron chi connectivity index (χ2n) is 4.82. The molecule has 0 unspecified atom stereocenters. The van der Waals surface area contributed by atoms with E-state index in [1.54, 1.807) is 13.4 Å². The molecule has 0 fully saturated rings. The summed E-state index contributed by atoms with van der Waals surface area (Å²) in [4.78, 5) is 14.7. The molecule has 0 bridgehead atoms. The summed E-state index contributed by atoms with van der Waals surface area (Å²) in [5.74, 6) is 1.53. The molecule has 0 saturated heterocycles. The largest absolute Gasteiger partial charge is 0.492 e. The second kappa shape index (κ2) is 5.36. The van der Waals surface area contributed by atoms with E-state index in [-0.39, 0.29) is 5.78 Å². The molecule has 0 saturated carbocycles. The highest BCUT2D eigenvalue weighted by Crippen LogP contribution is 2.45. The standard InChI is InChI=1S/C13H17N5O2S/c1-3-8(19)12-10(14)11(20-2)13(21-12)17-4-5-18-7-15-16-9(18)6-17/h7H,3-6,14H2,1-2H3. The van der Waals surface area contributed by atoms with Crippen molar-refractivity contribution in [1.82, 2.24) is 14.8 Å². The van der Waals surface area contributed by atoms with Gasteiger partial charge in [-0.25, -0.2) is 0 Å². The van der Waals surface area contributed by atoms with Gasteiger partial charge < -0.3 is 19.9 Å². The van der Waals surface area contributed by atoms with E-state index < -0.39 is 0 Å². The summed E-state index contributed by atoms with van der Waals surface area (Å²) in [5.41, 5.74) is 6.52. The molecule has 0 aromatic carbocycles. The third kappa shape index (κ3) is 2.25. The van der Waals surface area contributed by atoms with Gasteiger partial charge in [-0.2, -0.15) is 0 Å². The Hall–Kier alpha value is -2.09. The van der Waals surface area contributed by atoms with Gasteiger partial charge in [0.25, 0.3) is 0 Å². The first-order chi connectivity index (χ1) is 10.2. The Morgan fingerprint density at radius 2 is 2.33 bits per heavy atom. The monoisotopic (exact) mass is 307 g/mol. The van der Waals surface area contributed by atoms with E-state index in [0.717, 1.165) is 23.9 Å². The fourth-order valence-corrected chi connectivity index (χ4v) is 3.65. The lowest BCUT2D eigenvalue weighted by molar-refractivity contribution is 0.0992. The minimum Gasteiger partial charge on any atom is -0.492 e. The Morgan fingerprint density at radius 3 is 3.05 bits per heavy atom. The van der Waals surface area contributed by atoms with Crippen molar-refractivity contribution < 1.29 is 9.53 Å². The third-order valence-electron chi connectivity index (χ3n) is 3.59. The van der Waals surface area contributed by atoms with Crippen molar-refractivity contribution >= 4 is 27.8 Å². The predicted octanol–water partition coefficient (Wildman–Crippen LogP) is 1.54. The summed E-state index contributed by atoms with van der Waals surface area (Å²) >= 11 is 1.40. The van der Waals surface area contributed by atoms with Crippen LogP contribution in [0.3, 0.4) is 0 Å². The van der Waals surface area contributed by atoms with Crippen LogP contribution in [0.15, 0.2) is 6.33 Å². The average Bonchev–Trinajstić information content (AvgIpc) is 3.09. The minimum absolute atomic E-state index is 0.0437. The first-order valence-electron chi connectivity index (χ1n) is 6.76. The molecule has 0 aliphatic carbocycles. The van der Waals surface area contributed by atoms with Crippen molar-refractivity contribution in [1.29, 1.82) is 0 Å². The molecule has 2 aromatic rings. The van der Waals surface area contributed by atoms with Crippen LogP contribution in [0, 0.1) is 0 Å². The van der Waals surface area contributed by atoms with Crippen LogP contribution in [-0.4, -0.2) is 34.2 Å². The molecule has 3 rings (SSSR count). The topological polar surface area (TPSA) is 86.3 Å². The zero-order chi connectivity index (χ0) is 15.0. The Labute approximate surface area is 126 Å². The number of hydrogen-bond donors (Lipinski definition) is 1. The van der Waals surface area contributed by atoms with Crippen LogP contribution < -0.4 is 15.4 Å². The molecule has 3 heterocycles. The molecular formula is C13H17N5O2S. The van der Waals surface area contributed by atoms with Crippen molar-refractivity contribution in [3.63, 3.8) is 0 Å². The van der Waals surface area contributed by atoms with Crippen LogP contribution in [0.2, 0.25) is 0 Å². The summed E-state index contributed by atoms with van der Waals surface area (Å²) in [7, 11) is 1.58. The number of hydrogen-bond acceptors (Lipinski definition) is 7. The number of nitrogens with zero attached hydrogens (tertiary/aromatic N) is 4. The SMILES string of the molecule is CCC(=O)c1sc(N2CCn3cnnc3C2)c(OC)c1N. The van der Waals surface area contributed by atoms with Crippen LogP contribution in [-0.2, 0) is 13.1 Å². The van der Waals surface area contributed by atoms with Crippen LogP contribution in [0.4, 0.5) is 10.7 Å². The number of fused-ring (bicyclic) bond motifs is 1. The molecule has 112 valence electrons. The van der Waals surface area contributed by atoms with Gasteiger partial charge in [0.05, 0.1) is 24.2 Å². The number of nitrogens with two attached hydrogens (primary N) is 1. The number of rotatable bonds is 4. The van der Waals surface area contributed by atoms with E-state index >= 15 is 0 Å². The molecule has 1 aliphatic rings. The van der Waals surface area contributed by atoms with Gasteiger partial charge in [-0.15, -0.1) is 21.5 Å². The van der Waals surface area contributed by atoms with E-state index in [4.69, 9.17) is 10.5 Å². The van der Waals surface area contributed by atoms with E-state index in [2.05, 4.69) is 15.1 Å². The van der Waals surface area contributed by atoms with Gasteiger partial charge in [0.1, 0.15) is 11.3 Å². The van der Waals surface area contributed by atoms with Gasteiger partial charge in [-0.05, 0) is 0 Å².